The van der Waals surface area contributed by atoms with Crippen molar-refractivity contribution < 1.29 is 9.53 Å². The third-order valence-corrected chi connectivity index (χ3v) is 6.58. The van der Waals surface area contributed by atoms with Gasteiger partial charge < -0.3 is 9.64 Å². The molecule has 1 amide bonds. The van der Waals surface area contributed by atoms with Gasteiger partial charge in [-0.1, -0.05) is 30.0 Å². The first-order valence-electron chi connectivity index (χ1n) is 10.6. The predicted molar refractivity (Wildman–Crippen MR) is 122 cm³/mol. The average Bonchev–Trinajstić information content (AvgIpc) is 3.16. The van der Waals surface area contributed by atoms with Gasteiger partial charge in [0.1, 0.15) is 17.3 Å². The van der Waals surface area contributed by atoms with Crippen molar-refractivity contribution in [3.05, 3.63) is 59.0 Å². The summed E-state index contributed by atoms with van der Waals surface area (Å²) in [6.45, 7) is 1.41. The largest absolute Gasteiger partial charge is 0.497 e. The highest BCUT2D eigenvalue weighted by molar-refractivity contribution is 7.99. The van der Waals surface area contributed by atoms with Crippen molar-refractivity contribution in [3.63, 3.8) is 0 Å². The van der Waals surface area contributed by atoms with Gasteiger partial charge in [0.15, 0.2) is 5.65 Å². The summed E-state index contributed by atoms with van der Waals surface area (Å²) < 4.78 is 8.13. The number of benzene rings is 2. The Kier molecular flexibility index (Phi) is 5.57. The van der Waals surface area contributed by atoms with Crippen LogP contribution in [0.25, 0.3) is 16.7 Å². The smallest absolute Gasteiger partial charge is 0.351 e. The first-order valence-corrected chi connectivity index (χ1v) is 11.4. The van der Waals surface area contributed by atoms with Crippen LogP contribution in [-0.4, -0.2) is 50.2 Å². The summed E-state index contributed by atoms with van der Waals surface area (Å²) in [5, 5.41) is 5.14. The molecular formula is C23H23N5O3S. The molecule has 0 radical (unpaired) electrons. The highest BCUT2D eigenvalue weighted by atomic mass is 32.2. The van der Waals surface area contributed by atoms with E-state index in [2.05, 4.69) is 5.10 Å². The summed E-state index contributed by atoms with van der Waals surface area (Å²) in [7, 11) is 1.62. The Hall–Kier alpha value is -3.33. The molecule has 0 saturated carbocycles. The Balaban J connectivity index is 1.59. The number of piperidine rings is 1. The molecule has 2 aromatic heterocycles. The normalized spacial score (nSPS) is 14.2. The van der Waals surface area contributed by atoms with Gasteiger partial charge in [-0.25, -0.2) is 18.9 Å². The standard InChI is InChI=1S/C23H23N5O3S/c1-31-16-8-7-9-17(14-16)32-22-21-25-27(15-20(29)26-12-5-2-6-13-26)23(30)28(21)19-11-4-3-10-18(19)24-22/h3-4,7-11,14H,2,5-6,12-13,15H2,1H3. The maximum Gasteiger partial charge on any atom is 0.351 e. The molecule has 0 spiro atoms. The minimum atomic E-state index is -0.337. The van der Waals surface area contributed by atoms with Crippen molar-refractivity contribution >= 4 is 34.3 Å². The van der Waals surface area contributed by atoms with Crippen LogP contribution < -0.4 is 10.4 Å². The van der Waals surface area contributed by atoms with Gasteiger partial charge in [-0.15, -0.1) is 5.10 Å². The van der Waals surface area contributed by atoms with Gasteiger partial charge in [0.25, 0.3) is 0 Å². The van der Waals surface area contributed by atoms with Crippen LogP contribution in [0.5, 0.6) is 5.75 Å². The lowest BCUT2D eigenvalue weighted by Gasteiger charge is -2.26. The minimum Gasteiger partial charge on any atom is -0.497 e. The molecule has 1 aliphatic rings. The van der Waals surface area contributed by atoms with Crippen molar-refractivity contribution in [2.75, 3.05) is 20.2 Å². The van der Waals surface area contributed by atoms with E-state index in [1.54, 1.807) is 11.5 Å². The van der Waals surface area contributed by atoms with Gasteiger partial charge in [-0.05, 0) is 49.6 Å². The number of hydrogen-bond donors (Lipinski definition) is 0. The van der Waals surface area contributed by atoms with Gasteiger partial charge in [0, 0.05) is 18.0 Å². The summed E-state index contributed by atoms with van der Waals surface area (Å²) in [6.07, 6.45) is 3.14. The third kappa shape index (κ3) is 3.84. The van der Waals surface area contributed by atoms with E-state index < -0.39 is 0 Å². The number of para-hydroxylation sites is 2. The Morgan fingerprint density at radius 1 is 1.09 bits per heavy atom. The third-order valence-electron chi connectivity index (χ3n) is 5.62. The lowest BCUT2D eigenvalue weighted by Crippen LogP contribution is -2.39. The van der Waals surface area contributed by atoms with E-state index >= 15 is 0 Å². The van der Waals surface area contributed by atoms with Crippen LogP contribution in [0.2, 0.25) is 0 Å². The van der Waals surface area contributed by atoms with Crippen LogP contribution in [0.3, 0.4) is 0 Å². The molecule has 0 atom stereocenters. The van der Waals surface area contributed by atoms with Crippen LogP contribution >= 0.6 is 11.8 Å². The molecule has 5 rings (SSSR count). The number of ether oxygens (including phenoxy) is 1. The molecule has 1 aliphatic heterocycles. The molecule has 0 bridgehead atoms. The van der Waals surface area contributed by atoms with Crippen molar-refractivity contribution in [1.29, 1.82) is 0 Å². The van der Waals surface area contributed by atoms with E-state index in [1.165, 1.54) is 16.4 Å². The first-order chi connectivity index (χ1) is 15.6. The molecule has 0 aliphatic carbocycles. The fraction of sp³-hybridized carbons (Fsp3) is 0.304. The summed E-state index contributed by atoms with van der Waals surface area (Å²) >= 11 is 1.41. The number of fused-ring (bicyclic) bond motifs is 3. The highest BCUT2D eigenvalue weighted by Gasteiger charge is 2.21. The second-order valence-electron chi connectivity index (χ2n) is 7.73. The van der Waals surface area contributed by atoms with Crippen LogP contribution in [0.4, 0.5) is 0 Å². The summed E-state index contributed by atoms with van der Waals surface area (Å²) in [5.74, 6) is 0.663. The Bertz CT molecular complexity index is 1360. The van der Waals surface area contributed by atoms with Gasteiger partial charge in [-0.3, -0.25) is 4.79 Å². The molecule has 9 heteroatoms. The monoisotopic (exact) mass is 449 g/mol. The fourth-order valence-corrected chi connectivity index (χ4v) is 4.90. The molecule has 4 aromatic rings. The predicted octanol–water partition coefficient (Wildman–Crippen LogP) is 3.22. The molecule has 164 valence electrons. The van der Waals surface area contributed by atoms with Crippen molar-refractivity contribution in [1.82, 2.24) is 24.1 Å². The van der Waals surface area contributed by atoms with Gasteiger partial charge in [0.05, 0.1) is 18.1 Å². The maximum absolute atomic E-state index is 13.3. The second kappa shape index (κ2) is 8.66. The highest BCUT2D eigenvalue weighted by Crippen LogP contribution is 2.32. The zero-order valence-corrected chi connectivity index (χ0v) is 18.5. The zero-order chi connectivity index (χ0) is 22.1. The Morgan fingerprint density at radius 3 is 2.72 bits per heavy atom. The second-order valence-corrected chi connectivity index (χ2v) is 8.79. The van der Waals surface area contributed by atoms with Crippen LogP contribution in [0.15, 0.2) is 63.2 Å². The summed E-state index contributed by atoms with van der Waals surface area (Å²) in [5.41, 5.74) is 1.46. The van der Waals surface area contributed by atoms with E-state index in [1.807, 2.05) is 53.4 Å². The number of carbonyl (C=O) groups is 1. The molecule has 0 N–H and O–H groups in total. The SMILES string of the molecule is COc1cccc(Sc2nc3ccccc3n3c(=O)n(CC(=O)N4CCCCC4)nc23)c1. The fourth-order valence-electron chi connectivity index (χ4n) is 3.99. The number of nitrogens with zero attached hydrogens (tertiary/aromatic N) is 5. The van der Waals surface area contributed by atoms with E-state index in [0.29, 0.717) is 21.7 Å². The van der Waals surface area contributed by atoms with Gasteiger partial charge in [-0.2, -0.15) is 0 Å². The minimum absolute atomic E-state index is 0.0713. The lowest BCUT2D eigenvalue weighted by atomic mass is 10.1. The number of amides is 1. The maximum atomic E-state index is 13.3. The van der Waals surface area contributed by atoms with Crippen LogP contribution in [0, 0.1) is 0 Å². The van der Waals surface area contributed by atoms with Gasteiger partial charge >= 0.3 is 5.69 Å². The van der Waals surface area contributed by atoms with Crippen LogP contribution in [0.1, 0.15) is 19.3 Å². The molecule has 1 fully saturated rings. The van der Waals surface area contributed by atoms with Crippen molar-refractivity contribution in [3.8, 4) is 5.75 Å². The molecular weight excluding hydrogens is 426 g/mol. The average molecular weight is 450 g/mol. The molecule has 2 aromatic carbocycles. The number of hydrogen-bond acceptors (Lipinski definition) is 6. The molecule has 1 saturated heterocycles. The van der Waals surface area contributed by atoms with Gasteiger partial charge in [0.2, 0.25) is 5.91 Å². The number of rotatable bonds is 5. The zero-order valence-electron chi connectivity index (χ0n) is 17.7. The summed E-state index contributed by atoms with van der Waals surface area (Å²) in [6, 6.07) is 15.1. The van der Waals surface area contributed by atoms with Crippen molar-refractivity contribution in [2.45, 2.75) is 35.7 Å². The van der Waals surface area contributed by atoms with Crippen molar-refractivity contribution in [2.24, 2.45) is 0 Å². The topological polar surface area (TPSA) is 81.7 Å². The molecule has 3 heterocycles. The number of likely N-dealkylation sites (tertiary alicyclic amines) is 1. The van der Waals surface area contributed by atoms with E-state index in [-0.39, 0.29) is 18.1 Å². The molecule has 0 unspecified atom stereocenters. The van der Waals surface area contributed by atoms with Crippen LogP contribution in [-0.2, 0) is 11.3 Å². The molecule has 32 heavy (non-hydrogen) atoms. The van der Waals surface area contributed by atoms with E-state index in [4.69, 9.17) is 9.72 Å². The number of methoxy groups -OCH3 is 1. The molecule has 8 nitrogen and oxygen atoms in total. The number of aromatic nitrogens is 4. The van der Waals surface area contributed by atoms with E-state index in [0.717, 1.165) is 43.0 Å². The first kappa shape index (κ1) is 20.6. The summed E-state index contributed by atoms with van der Waals surface area (Å²) in [4.78, 5) is 33.6. The lowest BCUT2D eigenvalue weighted by molar-refractivity contribution is -0.133. The van der Waals surface area contributed by atoms with E-state index in [9.17, 15) is 9.59 Å². The quantitative estimate of drug-likeness (QED) is 0.465. The number of carbonyl (C=O) groups excluding carboxylic acids is 1. The Labute approximate surface area is 188 Å². The Morgan fingerprint density at radius 2 is 1.91 bits per heavy atom.